The van der Waals surface area contributed by atoms with Gasteiger partial charge in [0, 0.05) is 12.6 Å². The smallest absolute Gasteiger partial charge is 0.208 e. The minimum atomic E-state index is -3.14. The summed E-state index contributed by atoms with van der Waals surface area (Å²) in [6.07, 6.45) is 5.55. The van der Waals surface area contributed by atoms with Gasteiger partial charge < -0.3 is 0 Å². The minimum absolute atomic E-state index is 0.262. The Labute approximate surface area is 163 Å². The first-order valence-electron chi connectivity index (χ1n) is 9.79. The van der Waals surface area contributed by atoms with Gasteiger partial charge in [0.25, 0.3) is 0 Å². The molecule has 1 atom stereocenters. The van der Waals surface area contributed by atoms with E-state index in [-0.39, 0.29) is 6.04 Å². The molecule has 0 radical (unpaired) electrons. The lowest BCUT2D eigenvalue weighted by Gasteiger charge is -2.38. The topological polar surface area (TPSA) is 49.4 Å². The Balaban J connectivity index is 1.60. The van der Waals surface area contributed by atoms with Gasteiger partial charge in [-0.15, -0.1) is 0 Å². The number of nitrogens with zero attached hydrogens (tertiary/aromatic N) is 1. The van der Waals surface area contributed by atoms with Gasteiger partial charge in [-0.2, -0.15) is 0 Å². The maximum absolute atomic E-state index is 11.4. The molecule has 1 N–H and O–H groups in total. The molecule has 0 saturated carbocycles. The van der Waals surface area contributed by atoms with E-state index < -0.39 is 10.0 Å². The van der Waals surface area contributed by atoms with Gasteiger partial charge in [0.15, 0.2) is 0 Å². The van der Waals surface area contributed by atoms with Crippen LogP contribution in [0.2, 0.25) is 0 Å². The van der Waals surface area contributed by atoms with Crippen LogP contribution in [-0.4, -0.2) is 39.2 Å². The molecule has 0 amide bonds. The highest BCUT2D eigenvalue weighted by atomic mass is 32.2. The molecule has 2 aromatic carbocycles. The highest BCUT2D eigenvalue weighted by molar-refractivity contribution is 7.88. The number of likely N-dealkylation sites (tertiary alicyclic amines) is 1. The largest absolute Gasteiger partial charge is 0.296 e. The predicted molar refractivity (Wildman–Crippen MR) is 111 cm³/mol. The van der Waals surface area contributed by atoms with Gasteiger partial charge in [0.2, 0.25) is 10.0 Å². The number of nitrogens with one attached hydrogen (secondary N) is 1. The summed E-state index contributed by atoms with van der Waals surface area (Å²) in [7, 11) is -3.14. The molecule has 1 aliphatic rings. The van der Waals surface area contributed by atoms with E-state index in [1.807, 2.05) is 6.07 Å². The molecule has 1 unspecified atom stereocenters. The van der Waals surface area contributed by atoms with Crippen molar-refractivity contribution in [1.29, 1.82) is 0 Å². The highest BCUT2D eigenvalue weighted by Gasteiger charge is 2.26. The van der Waals surface area contributed by atoms with Crippen molar-refractivity contribution in [2.24, 2.45) is 5.92 Å². The van der Waals surface area contributed by atoms with E-state index in [1.165, 1.54) is 30.2 Å². The van der Waals surface area contributed by atoms with Crippen LogP contribution >= 0.6 is 0 Å². The Morgan fingerprint density at radius 3 is 2.19 bits per heavy atom. The lowest BCUT2D eigenvalue weighted by molar-refractivity contribution is 0.126. The minimum Gasteiger partial charge on any atom is -0.296 e. The quantitative estimate of drug-likeness (QED) is 0.754. The average molecular weight is 387 g/mol. The fourth-order valence-corrected chi connectivity index (χ4v) is 4.52. The summed E-state index contributed by atoms with van der Waals surface area (Å²) < 4.78 is 25.5. The molecular formula is C22H30N2O2S. The predicted octanol–water partition coefficient (Wildman–Crippen LogP) is 3.62. The van der Waals surface area contributed by atoms with Gasteiger partial charge in [0.05, 0.1) is 6.26 Å². The SMILES string of the molecule is CS(=O)(=O)NCCC(c1ccccc1)N1CCC(Cc2ccccc2)CC1. The van der Waals surface area contributed by atoms with Gasteiger partial charge in [-0.3, -0.25) is 4.90 Å². The summed E-state index contributed by atoms with van der Waals surface area (Å²) in [6.45, 7) is 2.61. The Hall–Kier alpha value is -1.69. The Bertz CT molecular complexity index is 786. The summed E-state index contributed by atoms with van der Waals surface area (Å²) >= 11 is 0. The van der Waals surface area contributed by atoms with E-state index in [0.717, 1.165) is 31.8 Å². The van der Waals surface area contributed by atoms with Crippen LogP contribution < -0.4 is 4.72 Å². The summed E-state index contributed by atoms with van der Waals surface area (Å²) in [4.78, 5) is 2.53. The van der Waals surface area contributed by atoms with E-state index >= 15 is 0 Å². The van der Waals surface area contributed by atoms with Crippen molar-refractivity contribution in [2.75, 3.05) is 25.9 Å². The van der Waals surface area contributed by atoms with Crippen molar-refractivity contribution < 1.29 is 8.42 Å². The molecule has 0 aromatic heterocycles. The van der Waals surface area contributed by atoms with Crippen LogP contribution in [0.4, 0.5) is 0 Å². The molecule has 1 heterocycles. The third-order valence-corrected chi connectivity index (χ3v) is 6.15. The third-order valence-electron chi connectivity index (χ3n) is 5.42. The Kier molecular flexibility index (Phi) is 7.05. The monoisotopic (exact) mass is 386 g/mol. The first-order chi connectivity index (χ1) is 13.0. The maximum Gasteiger partial charge on any atom is 0.208 e. The van der Waals surface area contributed by atoms with Crippen molar-refractivity contribution in [3.8, 4) is 0 Å². The Morgan fingerprint density at radius 1 is 1.00 bits per heavy atom. The molecule has 1 fully saturated rings. The fourth-order valence-electron chi connectivity index (χ4n) is 4.03. The highest BCUT2D eigenvalue weighted by Crippen LogP contribution is 2.30. The molecule has 3 rings (SSSR count). The summed E-state index contributed by atoms with van der Waals surface area (Å²) in [5.41, 5.74) is 2.70. The van der Waals surface area contributed by atoms with Gasteiger partial charge in [-0.1, -0.05) is 60.7 Å². The third kappa shape index (κ3) is 6.45. The average Bonchev–Trinajstić information content (AvgIpc) is 2.67. The first kappa shape index (κ1) is 20.1. The summed E-state index contributed by atoms with van der Waals surface area (Å²) in [5, 5.41) is 0. The Morgan fingerprint density at radius 2 is 1.59 bits per heavy atom. The van der Waals surface area contributed by atoms with Crippen LogP contribution in [-0.2, 0) is 16.4 Å². The van der Waals surface area contributed by atoms with Crippen LogP contribution in [0, 0.1) is 5.92 Å². The molecule has 0 bridgehead atoms. The van der Waals surface area contributed by atoms with Crippen LogP contribution in [0.5, 0.6) is 0 Å². The maximum atomic E-state index is 11.4. The lowest BCUT2D eigenvalue weighted by Crippen LogP contribution is -2.38. The number of sulfonamides is 1. The van der Waals surface area contributed by atoms with Crippen LogP contribution in [0.15, 0.2) is 60.7 Å². The van der Waals surface area contributed by atoms with Gasteiger partial charge >= 0.3 is 0 Å². The zero-order chi connectivity index (χ0) is 19.1. The second-order valence-electron chi connectivity index (χ2n) is 7.55. The molecular weight excluding hydrogens is 356 g/mol. The second-order valence-corrected chi connectivity index (χ2v) is 9.38. The number of piperidine rings is 1. The molecule has 2 aromatic rings. The number of rotatable bonds is 8. The van der Waals surface area contributed by atoms with Crippen LogP contribution in [0.1, 0.15) is 36.4 Å². The molecule has 27 heavy (non-hydrogen) atoms. The lowest BCUT2D eigenvalue weighted by atomic mass is 9.88. The standard InChI is InChI=1S/C22H30N2O2S/c1-27(25,26)23-15-12-22(21-10-6-3-7-11-21)24-16-13-20(14-17-24)18-19-8-4-2-5-9-19/h2-11,20,22-23H,12-18H2,1H3. The van der Waals surface area contributed by atoms with Gasteiger partial charge in [-0.05, 0) is 55.8 Å². The normalized spacial score (nSPS) is 17.7. The number of benzene rings is 2. The number of hydrogen-bond donors (Lipinski definition) is 1. The van der Waals surface area contributed by atoms with Crippen LogP contribution in [0.25, 0.3) is 0 Å². The number of hydrogen-bond acceptors (Lipinski definition) is 3. The van der Waals surface area contributed by atoms with E-state index in [1.54, 1.807) is 0 Å². The molecule has 0 spiro atoms. The molecule has 146 valence electrons. The van der Waals surface area contributed by atoms with E-state index in [2.05, 4.69) is 64.2 Å². The van der Waals surface area contributed by atoms with E-state index in [0.29, 0.717) is 6.54 Å². The van der Waals surface area contributed by atoms with Crippen molar-refractivity contribution in [3.05, 3.63) is 71.8 Å². The first-order valence-corrected chi connectivity index (χ1v) is 11.7. The van der Waals surface area contributed by atoms with Crippen LogP contribution in [0.3, 0.4) is 0 Å². The van der Waals surface area contributed by atoms with Gasteiger partial charge in [-0.25, -0.2) is 13.1 Å². The van der Waals surface area contributed by atoms with E-state index in [4.69, 9.17) is 0 Å². The molecule has 1 aliphatic heterocycles. The second kappa shape index (κ2) is 9.49. The van der Waals surface area contributed by atoms with Crippen molar-refractivity contribution in [1.82, 2.24) is 9.62 Å². The molecule has 4 nitrogen and oxygen atoms in total. The molecule has 1 saturated heterocycles. The van der Waals surface area contributed by atoms with Gasteiger partial charge in [0.1, 0.15) is 0 Å². The zero-order valence-electron chi connectivity index (χ0n) is 16.0. The molecule has 0 aliphatic carbocycles. The molecule has 5 heteroatoms. The summed E-state index contributed by atoms with van der Waals surface area (Å²) in [5.74, 6) is 0.731. The zero-order valence-corrected chi connectivity index (χ0v) is 16.9. The van der Waals surface area contributed by atoms with Crippen molar-refractivity contribution in [2.45, 2.75) is 31.7 Å². The fraction of sp³-hybridized carbons (Fsp3) is 0.455. The van der Waals surface area contributed by atoms with E-state index in [9.17, 15) is 8.42 Å². The van der Waals surface area contributed by atoms with Crippen molar-refractivity contribution in [3.63, 3.8) is 0 Å². The summed E-state index contributed by atoms with van der Waals surface area (Å²) in [6, 6.07) is 21.5. The van der Waals surface area contributed by atoms with Crippen molar-refractivity contribution >= 4 is 10.0 Å².